The molecule has 34 heavy (non-hydrogen) atoms. The fourth-order valence-electron chi connectivity index (χ4n) is 5.14. The second-order valence-corrected chi connectivity index (χ2v) is 11.5. The fraction of sp³-hybridized carbons (Fsp3) is 0.931. The molecule has 1 N–H and O–H groups in total. The van der Waals surface area contributed by atoms with Crippen LogP contribution in [0.25, 0.3) is 0 Å². The molecule has 5 heteroatoms. The van der Waals surface area contributed by atoms with Crippen LogP contribution in [0.4, 0.5) is 4.79 Å². The van der Waals surface area contributed by atoms with Crippen molar-refractivity contribution in [1.29, 1.82) is 0 Å². The SMILES string of the molecule is CCCCCCCCC(CCCCCCCC)C(OC(C)=O)C1CC(NC(=O)OC(C)(C)C)C1. The molecular weight excluding hydrogens is 426 g/mol. The highest BCUT2D eigenvalue weighted by Gasteiger charge is 2.41. The van der Waals surface area contributed by atoms with Crippen LogP contribution in [0.2, 0.25) is 0 Å². The van der Waals surface area contributed by atoms with E-state index >= 15 is 0 Å². The molecule has 0 aromatic rings. The lowest BCUT2D eigenvalue weighted by atomic mass is 9.71. The van der Waals surface area contributed by atoms with Crippen LogP contribution in [-0.2, 0) is 14.3 Å². The number of carbonyl (C=O) groups excluding carboxylic acids is 2. The first-order valence-corrected chi connectivity index (χ1v) is 14.3. The van der Waals surface area contributed by atoms with Gasteiger partial charge in [-0.15, -0.1) is 0 Å². The van der Waals surface area contributed by atoms with E-state index in [1.807, 2.05) is 20.8 Å². The largest absolute Gasteiger partial charge is 0.462 e. The third-order valence-electron chi connectivity index (χ3n) is 6.98. The smallest absolute Gasteiger partial charge is 0.407 e. The van der Waals surface area contributed by atoms with Crippen LogP contribution in [0.3, 0.4) is 0 Å². The topological polar surface area (TPSA) is 64.6 Å². The van der Waals surface area contributed by atoms with Crippen molar-refractivity contribution in [3.63, 3.8) is 0 Å². The van der Waals surface area contributed by atoms with Gasteiger partial charge in [0.1, 0.15) is 11.7 Å². The Morgan fingerprint density at radius 3 is 1.74 bits per heavy atom. The highest BCUT2D eigenvalue weighted by molar-refractivity contribution is 5.68. The van der Waals surface area contributed by atoms with Crippen molar-refractivity contribution in [2.45, 2.75) is 162 Å². The predicted molar refractivity (Wildman–Crippen MR) is 141 cm³/mol. The van der Waals surface area contributed by atoms with Gasteiger partial charge in [0.2, 0.25) is 0 Å². The van der Waals surface area contributed by atoms with Gasteiger partial charge in [-0.2, -0.15) is 0 Å². The zero-order chi connectivity index (χ0) is 25.4. The van der Waals surface area contributed by atoms with Gasteiger partial charge in [-0.25, -0.2) is 4.79 Å². The van der Waals surface area contributed by atoms with E-state index in [0.29, 0.717) is 11.8 Å². The number of alkyl carbamates (subject to hydrolysis) is 1. The number of carbonyl (C=O) groups is 2. The molecule has 0 radical (unpaired) electrons. The van der Waals surface area contributed by atoms with Gasteiger partial charge in [0.25, 0.3) is 0 Å². The molecule has 0 bridgehead atoms. The Morgan fingerprint density at radius 1 is 0.824 bits per heavy atom. The minimum absolute atomic E-state index is 0.0273. The van der Waals surface area contributed by atoms with Crippen LogP contribution in [0, 0.1) is 11.8 Å². The van der Waals surface area contributed by atoms with Gasteiger partial charge in [0.15, 0.2) is 0 Å². The van der Waals surface area contributed by atoms with Crippen LogP contribution >= 0.6 is 0 Å². The normalized spacial score (nSPS) is 18.9. The van der Waals surface area contributed by atoms with E-state index in [4.69, 9.17) is 9.47 Å². The first-order chi connectivity index (χ1) is 16.2. The van der Waals surface area contributed by atoms with E-state index in [9.17, 15) is 9.59 Å². The molecule has 0 spiro atoms. The zero-order valence-electron chi connectivity index (χ0n) is 23.3. The highest BCUT2D eigenvalue weighted by Crippen LogP contribution is 2.39. The Hall–Kier alpha value is -1.26. The average Bonchev–Trinajstić information content (AvgIpc) is 2.71. The molecule has 0 saturated heterocycles. The number of rotatable bonds is 18. The average molecular weight is 482 g/mol. The summed E-state index contributed by atoms with van der Waals surface area (Å²) in [7, 11) is 0. The van der Waals surface area contributed by atoms with Crippen molar-refractivity contribution in [2.24, 2.45) is 11.8 Å². The number of ether oxygens (including phenoxy) is 2. The van der Waals surface area contributed by atoms with E-state index in [1.54, 1.807) is 0 Å². The maximum absolute atomic E-state index is 12.1. The van der Waals surface area contributed by atoms with E-state index < -0.39 is 5.60 Å². The number of nitrogens with one attached hydrogen (secondary N) is 1. The Morgan fingerprint density at radius 2 is 1.29 bits per heavy atom. The van der Waals surface area contributed by atoms with Crippen molar-refractivity contribution in [3.8, 4) is 0 Å². The summed E-state index contributed by atoms with van der Waals surface area (Å²) in [6.45, 7) is 11.7. The van der Waals surface area contributed by atoms with Crippen molar-refractivity contribution >= 4 is 12.1 Å². The van der Waals surface area contributed by atoms with Gasteiger partial charge < -0.3 is 14.8 Å². The maximum Gasteiger partial charge on any atom is 0.407 e. The summed E-state index contributed by atoms with van der Waals surface area (Å²) >= 11 is 0. The summed E-state index contributed by atoms with van der Waals surface area (Å²) in [5.74, 6) is 0.576. The van der Waals surface area contributed by atoms with Gasteiger partial charge in [-0.05, 0) is 52.4 Å². The summed E-state index contributed by atoms with van der Waals surface area (Å²) in [4.78, 5) is 24.1. The van der Waals surface area contributed by atoms with Crippen molar-refractivity contribution in [1.82, 2.24) is 5.32 Å². The third-order valence-corrected chi connectivity index (χ3v) is 6.98. The van der Waals surface area contributed by atoms with Crippen LogP contribution in [-0.4, -0.2) is 29.8 Å². The summed E-state index contributed by atoms with van der Waals surface area (Å²) in [5.41, 5.74) is -0.493. The van der Waals surface area contributed by atoms with E-state index in [0.717, 1.165) is 25.7 Å². The first kappa shape index (κ1) is 30.8. The van der Waals surface area contributed by atoms with Gasteiger partial charge in [0, 0.05) is 18.9 Å². The Kier molecular flexibility index (Phi) is 15.6. The number of amides is 1. The molecule has 1 unspecified atom stereocenters. The first-order valence-electron chi connectivity index (χ1n) is 14.3. The lowest BCUT2D eigenvalue weighted by Gasteiger charge is -2.43. The maximum atomic E-state index is 12.1. The molecular formula is C29H55NO4. The molecule has 1 aliphatic carbocycles. The minimum atomic E-state index is -0.493. The standard InChI is InChI=1S/C29H55NO4/c1-7-9-11-13-15-17-19-24(20-18-16-14-12-10-8-2)27(33-23(3)31)25-21-26(22-25)30-28(32)34-29(4,5)6/h24-27H,7-22H2,1-6H3,(H,30,32). The van der Waals surface area contributed by atoms with Crippen LogP contribution in [0.1, 0.15) is 144 Å². The molecule has 0 aliphatic heterocycles. The number of unbranched alkanes of at least 4 members (excludes halogenated alkanes) is 10. The van der Waals surface area contributed by atoms with Crippen LogP contribution in [0.5, 0.6) is 0 Å². The van der Waals surface area contributed by atoms with Crippen molar-refractivity contribution < 1.29 is 19.1 Å². The Labute approximate surface area is 210 Å². The van der Waals surface area contributed by atoms with E-state index in [2.05, 4.69) is 19.2 Å². The van der Waals surface area contributed by atoms with Gasteiger partial charge in [-0.3, -0.25) is 4.79 Å². The fourth-order valence-corrected chi connectivity index (χ4v) is 5.14. The summed E-state index contributed by atoms with van der Waals surface area (Å²) in [6.07, 6.45) is 19.1. The zero-order valence-corrected chi connectivity index (χ0v) is 23.3. The monoisotopic (exact) mass is 481 g/mol. The number of hydrogen-bond acceptors (Lipinski definition) is 4. The lowest BCUT2D eigenvalue weighted by molar-refractivity contribution is -0.156. The lowest BCUT2D eigenvalue weighted by Crippen LogP contribution is -2.51. The van der Waals surface area contributed by atoms with Crippen molar-refractivity contribution in [3.05, 3.63) is 0 Å². The molecule has 1 aliphatic rings. The molecule has 5 nitrogen and oxygen atoms in total. The molecule has 0 heterocycles. The number of hydrogen-bond donors (Lipinski definition) is 1. The van der Waals surface area contributed by atoms with E-state index in [-0.39, 0.29) is 24.2 Å². The van der Waals surface area contributed by atoms with Gasteiger partial charge in [-0.1, -0.05) is 90.9 Å². The van der Waals surface area contributed by atoms with Crippen LogP contribution < -0.4 is 5.32 Å². The Balaban J connectivity index is 2.63. The van der Waals surface area contributed by atoms with E-state index in [1.165, 1.54) is 84.0 Å². The third kappa shape index (κ3) is 14.2. The highest BCUT2D eigenvalue weighted by atomic mass is 16.6. The quantitative estimate of drug-likeness (QED) is 0.158. The molecule has 0 aromatic carbocycles. The second kappa shape index (κ2) is 17.2. The molecule has 1 atom stereocenters. The molecule has 1 saturated carbocycles. The molecule has 1 fully saturated rings. The predicted octanol–water partition coefficient (Wildman–Crippen LogP) is 8.34. The van der Waals surface area contributed by atoms with Crippen molar-refractivity contribution in [2.75, 3.05) is 0 Å². The van der Waals surface area contributed by atoms with Crippen LogP contribution in [0.15, 0.2) is 0 Å². The molecule has 0 aromatic heterocycles. The molecule has 200 valence electrons. The number of esters is 1. The summed E-state index contributed by atoms with van der Waals surface area (Å²) < 4.78 is 11.4. The van der Waals surface area contributed by atoms with Gasteiger partial charge in [0.05, 0.1) is 0 Å². The van der Waals surface area contributed by atoms with Gasteiger partial charge >= 0.3 is 12.1 Å². The minimum Gasteiger partial charge on any atom is -0.462 e. The summed E-state index contributed by atoms with van der Waals surface area (Å²) in [5, 5.41) is 2.99. The second-order valence-electron chi connectivity index (χ2n) is 11.5. The Bertz CT molecular complexity index is 535. The molecule has 1 rings (SSSR count). The molecule has 1 amide bonds. The summed E-state index contributed by atoms with van der Waals surface area (Å²) in [6, 6.07) is 0.113.